The van der Waals surface area contributed by atoms with Crippen molar-refractivity contribution < 1.29 is 4.79 Å². The smallest absolute Gasteiger partial charge is 0.251 e. The second kappa shape index (κ2) is 5.27. The van der Waals surface area contributed by atoms with Gasteiger partial charge in [0.25, 0.3) is 5.91 Å². The van der Waals surface area contributed by atoms with Crippen LogP contribution in [0.4, 0.5) is 0 Å². The van der Waals surface area contributed by atoms with E-state index < -0.39 is 0 Å². The lowest BCUT2D eigenvalue weighted by Gasteiger charge is -2.04. The molecule has 1 aliphatic rings. The molecular weight excluding hydrogens is 250 g/mol. The van der Waals surface area contributed by atoms with E-state index in [9.17, 15) is 4.79 Å². The molecule has 0 aliphatic heterocycles. The fourth-order valence-electron chi connectivity index (χ4n) is 2.55. The van der Waals surface area contributed by atoms with E-state index in [0.29, 0.717) is 11.5 Å². The van der Waals surface area contributed by atoms with Crippen molar-refractivity contribution in [2.45, 2.75) is 38.5 Å². The van der Waals surface area contributed by atoms with Crippen LogP contribution in [0, 0.1) is 0 Å². The van der Waals surface area contributed by atoms with Gasteiger partial charge < -0.3 is 9.88 Å². The summed E-state index contributed by atoms with van der Waals surface area (Å²) in [5.41, 5.74) is 2.74. The van der Waals surface area contributed by atoms with Crippen LogP contribution in [0.25, 0.3) is 11.0 Å². The summed E-state index contributed by atoms with van der Waals surface area (Å²) in [5, 5.41) is 2.95. The number of carbonyl (C=O) groups excluding carboxylic acids is 1. The normalized spacial score (nSPS) is 14.7. The lowest BCUT2D eigenvalue weighted by atomic mass is 10.2. The SMILES string of the molecule is CCCCNC(=O)c1ccc2c(c1)nc(C1CC1)n2C. The number of amides is 1. The highest BCUT2D eigenvalue weighted by Gasteiger charge is 2.28. The first-order valence-corrected chi connectivity index (χ1v) is 7.45. The van der Waals surface area contributed by atoms with Crippen LogP contribution in [0.5, 0.6) is 0 Å². The van der Waals surface area contributed by atoms with Crippen molar-refractivity contribution in [3.63, 3.8) is 0 Å². The topological polar surface area (TPSA) is 46.9 Å². The van der Waals surface area contributed by atoms with Gasteiger partial charge in [-0.3, -0.25) is 4.79 Å². The van der Waals surface area contributed by atoms with Crippen LogP contribution in [0.1, 0.15) is 54.7 Å². The minimum absolute atomic E-state index is 0.000949. The molecule has 3 rings (SSSR count). The summed E-state index contributed by atoms with van der Waals surface area (Å²) >= 11 is 0. The van der Waals surface area contributed by atoms with Gasteiger partial charge in [-0.15, -0.1) is 0 Å². The van der Waals surface area contributed by atoms with Crippen molar-refractivity contribution in [2.75, 3.05) is 6.54 Å². The number of imidazole rings is 1. The Hall–Kier alpha value is -1.84. The van der Waals surface area contributed by atoms with Crippen LogP contribution in [0.15, 0.2) is 18.2 Å². The summed E-state index contributed by atoms with van der Waals surface area (Å²) in [5.74, 6) is 1.77. The zero-order valence-corrected chi connectivity index (χ0v) is 12.1. The van der Waals surface area contributed by atoms with Crippen LogP contribution < -0.4 is 5.32 Å². The van der Waals surface area contributed by atoms with Gasteiger partial charge in [-0.2, -0.15) is 0 Å². The van der Waals surface area contributed by atoms with Crippen molar-refractivity contribution in [2.24, 2.45) is 7.05 Å². The predicted octanol–water partition coefficient (Wildman–Crippen LogP) is 2.98. The third-order valence-electron chi connectivity index (χ3n) is 3.94. The summed E-state index contributed by atoms with van der Waals surface area (Å²) in [7, 11) is 2.06. The highest BCUT2D eigenvalue weighted by atomic mass is 16.1. The number of unbranched alkanes of at least 4 members (excludes halogenated alkanes) is 1. The van der Waals surface area contributed by atoms with E-state index in [1.54, 1.807) is 0 Å². The molecular formula is C16H21N3O. The highest BCUT2D eigenvalue weighted by Crippen LogP contribution is 2.40. The number of carbonyl (C=O) groups is 1. The van der Waals surface area contributed by atoms with Gasteiger partial charge in [0.05, 0.1) is 11.0 Å². The highest BCUT2D eigenvalue weighted by molar-refractivity contribution is 5.97. The molecule has 1 heterocycles. The van der Waals surface area contributed by atoms with Crippen molar-refractivity contribution >= 4 is 16.9 Å². The molecule has 106 valence electrons. The number of nitrogens with zero attached hydrogens (tertiary/aromatic N) is 2. The first kappa shape index (κ1) is 13.2. The summed E-state index contributed by atoms with van der Waals surface area (Å²) in [6, 6.07) is 5.80. The van der Waals surface area contributed by atoms with Crippen molar-refractivity contribution in [1.29, 1.82) is 0 Å². The van der Waals surface area contributed by atoms with E-state index in [2.05, 4.69) is 23.9 Å². The monoisotopic (exact) mass is 271 g/mol. The van der Waals surface area contributed by atoms with E-state index in [4.69, 9.17) is 4.98 Å². The second-order valence-corrected chi connectivity index (χ2v) is 5.62. The molecule has 1 aromatic heterocycles. The minimum Gasteiger partial charge on any atom is -0.352 e. The third kappa shape index (κ3) is 2.42. The number of hydrogen-bond acceptors (Lipinski definition) is 2. The molecule has 1 aromatic carbocycles. The molecule has 1 fully saturated rings. The average molecular weight is 271 g/mol. The predicted molar refractivity (Wildman–Crippen MR) is 79.9 cm³/mol. The van der Waals surface area contributed by atoms with Gasteiger partial charge in [0.15, 0.2) is 0 Å². The van der Waals surface area contributed by atoms with Gasteiger partial charge in [-0.1, -0.05) is 13.3 Å². The van der Waals surface area contributed by atoms with Crippen LogP contribution in [0.3, 0.4) is 0 Å². The zero-order chi connectivity index (χ0) is 14.1. The Bertz CT molecular complexity index is 640. The molecule has 0 unspecified atom stereocenters. The lowest BCUT2D eigenvalue weighted by Crippen LogP contribution is -2.24. The Balaban J connectivity index is 1.84. The number of benzene rings is 1. The molecule has 4 heteroatoms. The Kier molecular flexibility index (Phi) is 3.47. The van der Waals surface area contributed by atoms with Gasteiger partial charge >= 0.3 is 0 Å². The van der Waals surface area contributed by atoms with E-state index in [1.807, 2.05) is 18.2 Å². The van der Waals surface area contributed by atoms with Gasteiger partial charge in [0, 0.05) is 25.1 Å². The Labute approximate surface area is 119 Å². The third-order valence-corrected chi connectivity index (χ3v) is 3.94. The second-order valence-electron chi connectivity index (χ2n) is 5.62. The quantitative estimate of drug-likeness (QED) is 0.850. The molecule has 0 atom stereocenters. The van der Waals surface area contributed by atoms with Gasteiger partial charge in [-0.05, 0) is 37.5 Å². The average Bonchev–Trinajstić information content (AvgIpc) is 3.24. The van der Waals surface area contributed by atoms with Gasteiger partial charge in [-0.25, -0.2) is 4.98 Å². The molecule has 0 bridgehead atoms. The van der Waals surface area contributed by atoms with Gasteiger partial charge in [0.2, 0.25) is 0 Å². The van der Waals surface area contributed by atoms with E-state index in [-0.39, 0.29) is 5.91 Å². The molecule has 0 spiro atoms. The molecule has 1 aliphatic carbocycles. The maximum absolute atomic E-state index is 12.1. The maximum Gasteiger partial charge on any atom is 0.251 e. The molecule has 20 heavy (non-hydrogen) atoms. The van der Waals surface area contributed by atoms with Crippen molar-refractivity contribution in [1.82, 2.24) is 14.9 Å². The summed E-state index contributed by atoms with van der Waals surface area (Å²) in [6.07, 6.45) is 4.58. The van der Waals surface area contributed by atoms with E-state index in [0.717, 1.165) is 36.2 Å². The van der Waals surface area contributed by atoms with Crippen LogP contribution in [-0.4, -0.2) is 22.0 Å². The fraction of sp³-hybridized carbons (Fsp3) is 0.500. The van der Waals surface area contributed by atoms with Crippen LogP contribution in [0.2, 0.25) is 0 Å². The summed E-state index contributed by atoms with van der Waals surface area (Å²) in [4.78, 5) is 16.8. The minimum atomic E-state index is -0.000949. The first-order chi connectivity index (χ1) is 9.70. The number of hydrogen-bond donors (Lipinski definition) is 1. The largest absolute Gasteiger partial charge is 0.352 e. The van der Waals surface area contributed by atoms with E-state index in [1.165, 1.54) is 12.8 Å². The maximum atomic E-state index is 12.1. The molecule has 0 saturated heterocycles. The van der Waals surface area contributed by atoms with Crippen molar-refractivity contribution in [3.8, 4) is 0 Å². The molecule has 1 N–H and O–H groups in total. The molecule has 0 radical (unpaired) electrons. The number of aryl methyl sites for hydroxylation is 1. The summed E-state index contributed by atoms with van der Waals surface area (Å²) < 4.78 is 2.16. The molecule has 4 nitrogen and oxygen atoms in total. The van der Waals surface area contributed by atoms with Crippen LogP contribution in [-0.2, 0) is 7.05 Å². The Morgan fingerprint density at radius 1 is 1.45 bits per heavy atom. The molecule has 2 aromatic rings. The van der Waals surface area contributed by atoms with E-state index >= 15 is 0 Å². The van der Waals surface area contributed by atoms with Crippen molar-refractivity contribution in [3.05, 3.63) is 29.6 Å². The number of aromatic nitrogens is 2. The van der Waals surface area contributed by atoms with Crippen LogP contribution >= 0.6 is 0 Å². The zero-order valence-electron chi connectivity index (χ0n) is 12.1. The number of fused-ring (bicyclic) bond motifs is 1. The number of nitrogens with one attached hydrogen (secondary N) is 1. The first-order valence-electron chi connectivity index (χ1n) is 7.45. The molecule has 1 amide bonds. The number of rotatable bonds is 5. The summed E-state index contributed by atoms with van der Waals surface area (Å²) in [6.45, 7) is 2.86. The Morgan fingerprint density at radius 3 is 2.95 bits per heavy atom. The fourth-order valence-corrected chi connectivity index (χ4v) is 2.55. The lowest BCUT2D eigenvalue weighted by molar-refractivity contribution is 0.0953. The van der Waals surface area contributed by atoms with Gasteiger partial charge in [0.1, 0.15) is 5.82 Å². The Morgan fingerprint density at radius 2 is 2.25 bits per heavy atom. The molecule has 1 saturated carbocycles. The standard InChI is InChI=1S/C16H21N3O/c1-3-4-9-17-16(20)12-7-8-14-13(10-12)18-15(19(14)2)11-5-6-11/h7-8,10-11H,3-6,9H2,1-2H3,(H,17,20).